The molecule has 0 bridgehead atoms. The van der Waals surface area contributed by atoms with Crippen LogP contribution in [0.25, 0.3) is 6.08 Å². The third-order valence-corrected chi connectivity index (χ3v) is 5.18. The summed E-state index contributed by atoms with van der Waals surface area (Å²) in [5, 5.41) is 18.3. The van der Waals surface area contributed by atoms with Crippen LogP contribution in [0.5, 0.6) is 0 Å². The number of carbonyl (C=O) groups excluding carboxylic acids is 1. The maximum atomic E-state index is 12.8. The standard InChI is InChI=1S/C21H14N2O3S2/c22-13-16(10-14-4-2-1-3-5-14)11-18-20(26)23(21(27)28-18)17-8-6-15(7-9-17)12-19(24)25/h1-11H,12H2,(H,24,25)/b16-10-,18-11-. The van der Waals surface area contributed by atoms with E-state index in [1.807, 2.05) is 30.3 Å². The second-order valence-electron chi connectivity index (χ2n) is 5.88. The van der Waals surface area contributed by atoms with Crippen molar-refractivity contribution in [1.82, 2.24) is 0 Å². The van der Waals surface area contributed by atoms with Crippen LogP contribution in [0.4, 0.5) is 5.69 Å². The fourth-order valence-corrected chi connectivity index (χ4v) is 3.89. The van der Waals surface area contributed by atoms with E-state index in [1.165, 1.54) is 11.0 Å². The average Bonchev–Trinajstić information content (AvgIpc) is 2.95. The monoisotopic (exact) mass is 406 g/mol. The fourth-order valence-electron chi connectivity index (χ4n) is 2.60. The van der Waals surface area contributed by atoms with Crippen molar-refractivity contribution in [1.29, 1.82) is 5.26 Å². The van der Waals surface area contributed by atoms with Crippen molar-refractivity contribution in [3.8, 4) is 6.07 Å². The van der Waals surface area contributed by atoms with Gasteiger partial charge in [-0.1, -0.05) is 66.4 Å². The molecule has 0 radical (unpaired) electrons. The van der Waals surface area contributed by atoms with E-state index in [4.69, 9.17) is 17.3 Å². The quantitative estimate of drug-likeness (QED) is 0.456. The van der Waals surface area contributed by atoms with Crippen molar-refractivity contribution < 1.29 is 14.7 Å². The number of carbonyl (C=O) groups is 2. The number of hydrogen-bond acceptors (Lipinski definition) is 5. The number of allylic oxidation sites excluding steroid dienone is 2. The highest BCUT2D eigenvalue weighted by atomic mass is 32.2. The lowest BCUT2D eigenvalue weighted by molar-refractivity contribution is -0.136. The highest BCUT2D eigenvalue weighted by Gasteiger charge is 2.33. The molecule has 0 aromatic heterocycles. The third-order valence-electron chi connectivity index (χ3n) is 3.88. The minimum Gasteiger partial charge on any atom is -0.481 e. The number of benzene rings is 2. The van der Waals surface area contributed by atoms with Gasteiger partial charge in [-0.15, -0.1) is 0 Å². The molecule has 0 saturated carbocycles. The zero-order valence-corrected chi connectivity index (χ0v) is 16.2. The Morgan fingerprint density at radius 1 is 1.18 bits per heavy atom. The molecule has 1 fully saturated rings. The number of carboxylic acid groups (broad SMARTS) is 1. The lowest BCUT2D eigenvalue weighted by Gasteiger charge is -2.14. The summed E-state index contributed by atoms with van der Waals surface area (Å²) in [5.74, 6) is -1.23. The third kappa shape index (κ3) is 4.55. The molecular formula is C21H14N2O3S2. The summed E-state index contributed by atoms with van der Waals surface area (Å²) in [4.78, 5) is 25.3. The van der Waals surface area contributed by atoms with Crippen molar-refractivity contribution in [3.05, 3.63) is 82.3 Å². The van der Waals surface area contributed by atoms with Crippen molar-refractivity contribution in [2.24, 2.45) is 0 Å². The molecule has 1 amide bonds. The predicted octanol–water partition coefficient (Wildman–Crippen LogP) is 4.17. The highest BCUT2D eigenvalue weighted by Crippen LogP contribution is 2.35. The van der Waals surface area contributed by atoms with Gasteiger partial charge in [-0.05, 0) is 35.4 Å². The van der Waals surface area contributed by atoms with E-state index >= 15 is 0 Å². The first-order chi connectivity index (χ1) is 13.5. The number of anilines is 1. The minimum atomic E-state index is -0.921. The predicted molar refractivity (Wildman–Crippen MR) is 114 cm³/mol. The largest absolute Gasteiger partial charge is 0.481 e. The smallest absolute Gasteiger partial charge is 0.307 e. The van der Waals surface area contributed by atoms with Gasteiger partial charge in [0.15, 0.2) is 4.32 Å². The number of nitriles is 1. The molecule has 2 aromatic carbocycles. The molecule has 0 unspecified atom stereocenters. The van der Waals surface area contributed by atoms with Crippen LogP contribution in [0.15, 0.2) is 71.2 Å². The van der Waals surface area contributed by atoms with Crippen LogP contribution >= 0.6 is 24.0 Å². The Bertz CT molecular complexity index is 1040. The van der Waals surface area contributed by atoms with Crippen LogP contribution in [0, 0.1) is 11.3 Å². The number of hydrogen-bond donors (Lipinski definition) is 1. The topological polar surface area (TPSA) is 81.4 Å². The van der Waals surface area contributed by atoms with Gasteiger partial charge in [0.2, 0.25) is 0 Å². The van der Waals surface area contributed by atoms with E-state index < -0.39 is 5.97 Å². The molecule has 1 aliphatic rings. The molecule has 0 atom stereocenters. The number of nitrogens with zero attached hydrogens (tertiary/aromatic N) is 2. The molecule has 2 aromatic rings. The molecule has 3 rings (SSSR count). The Hall–Kier alpha value is -3.21. The summed E-state index contributed by atoms with van der Waals surface area (Å²) < 4.78 is 0.360. The normalized spacial score (nSPS) is 15.8. The number of amides is 1. The van der Waals surface area contributed by atoms with Gasteiger partial charge in [0.05, 0.1) is 28.7 Å². The SMILES string of the molecule is N#CC(=C\c1ccccc1)/C=C1\SC(=S)N(c2ccc(CC(=O)O)cc2)C1=O. The minimum absolute atomic E-state index is 0.0889. The molecule has 0 spiro atoms. The molecule has 0 aliphatic carbocycles. The Balaban J connectivity index is 1.85. The molecule has 1 heterocycles. The Morgan fingerprint density at radius 2 is 1.86 bits per heavy atom. The van der Waals surface area contributed by atoms with Gasteiger partial charge in [0.25, 0.3) is 5.91 Å². The van der Waals surface area contributed by atoms with E-state index in [9.17, 15) is 14.9 Å². The molecular weight excluding hydrogens is 392 g/mol. The molecule has 138 valence electrons. The first-order valence-corrected chi connectivity index (χ1v) is 9.46. The summed E-state index contributed by atoms with van der Waals surface area (Å²) in [6.07, 6.45) is 3.15. The maximum absolute atomic E-state index is 12.8. The maximum Gasteiger partial charge on any atom is 0.307 e. The zero-order chi connectivity index (χ0) is 20.1. The Morgan fingerprint density at radius 3 is 2.46 bits per heavy atom. The Labute approximate surface area is 171 Å². The number of carboxylic acids is 1. The molecule has 5 nitrogen and oxygen atoms in total. The number of aliphatic carboxylic acids is 1. The molecule has 28 heavy (non-hydrogen) atoms. The summed E-state index contributed by atoms with van der Waals surface area (Å²) in [7, 11) is 0. The summed E-state index contributed by atoms with van der Waals surface area (Å²) >= 11 is 6.46. The molecule has 7 heteroatoms. The molecule has 1 N–H and O–H groups in total. The van der Waals surface area contributed by atoms with Gasteiger partial charge in [-0.2, -0.15) is 5.26 Å². The first kappa shape index (κ1) is 19.5. The van der Waals surface area contributed by atoms with E-state index in [2.05, 4.69) is 6.07 Å². The van der Waals surface area contributed by atoms with Gasteiger partial charge in [-0.3, -0.25) is 14.5 Å². The molecule has 1 aliphatic heterocycles. The van der Waals surface area contributed by atoms with Gasteiger partial charge in [0.1, 0.15) is 0 Å². The Kier molecular flexibility index (Phi) is 6.04. The summed E-state index contributed by atoms with van der Waals surface area (Å²) in [6.45, 7) is 0. The van der Waals surface area contributed by atoms with Crippen LogP contribution in [0.3, 0.4) is 0 Å². The van der Waals surface area contributed by atoms with E-state index in [0.29, 0.717) is 26.0 Å². The first-order valence-electron chi connectivity index (χ1n) is 8.23. The van der Waals surface area contributed by atoms with Crippen LogP contribution in [0.1, 0.15) is 11.1 Å². The summed E-state index contributed by atoms with van der Waals surface area (Å²) in [6, 6.07) is 18.1. The van der Waals surface area contributed by atoms with Gasteiger partial charge >= 0.3 is 5.97 Å². The number of rotatable bonds is 5. The van der Waals surface area contributed by atoms with E-state index in [-0.39, 0.29) is 12.3 Å². The van der Waals surface area contributed by atoms with Crippen LogP contribution in [0.2, 0.25) is 0 Å². The summed E-state index contributed by atoms with van der Waals surface area (Å²) in [5.41, 5.74) is 2.41. The van der Waals surface area contributed by atoms with Crippen molar-refractivity contribution >= 4 is 51.9 Å². The van der Waals surface area contributed by atoms with E-state index in [1.54, 1.807) is 30.3 Å². The second-order valence-corrected chi connectivity index (χ2v) is 7.55. The van der Waals surface area contributed by atoms with Crippen molar-refractivity contribution in [2.45, 2.75) is 6.42 Å². The fraction of sp³-hybridized carbons (Fsp3) is 0.0476. The molecule has 1 saturated heterocycles. The highest BCUT2D eigenvalue weighted by molar-refractivity contribution is 8.27. The van der Waals surface area contributed by atoms with Crippen molar-refractivity contribution in [2.75, 3.05) is 4.90 Å². The van der Waals surface area contributed by atoms with Crippen LogP contribution in [-0.2, 0) is 16.0 Å². The van der Waals surface area contributed by atoms with Crippen molar-refractivity contribution in [3.63, 3.8) is 0 Å². The second kappa shape index (κ2) is 8.65. The number of thiocarbonyl (C=S) groups is 1. The van der Waals surface area contributed by atoms with Gasteiger partial charge in [0, 0.05) is 0 Å². The van der Waals surface area contributed by atoms with Gasteiger partial charge < -0.3 is 5.11 Å². The van der Waals surface area contributed by atoms with E-state index in [0.717, 1.165) is 17.3 Å². The number of thioether (sulfide) groups is 1. The average molecular weight is 406 g/mol. The van der Waals surface area contributed by atoms with Gasteiger partial charge in [-0.25, -0.2) is 0 Å². The lowest BCUT2D eigenvalue weighted by atomic mass is 10.1. The van der Waals surface area contributed by atoms with Crippen LogP contribution in [-0.4, -0.2) is 21.3 Å². The van der Waals surface area contributed by atoms with Crippen LogP contribution < -0.4 is 4.90 Å². The lowest BCUT2D eigenvalue weighted by Crippen LogP contribution is -2.27. The zero-order valence-electron chi connectivity index (χ0n) is 14.5.